The summed E-state index contributed by atoms with van der Waals surface area (Å²) in [5.74, 6) is -0.278. The lowest BCUT2D eigenvalue weighted by Crippen LogP contribution is -1.97. The lowest BCUT2D eigenvalue weighted by atomic mass is 9.97. The van der Waals surface area contributed by atoms with Gasteiger partial charge in [-0.15, -0.1) is 0 Å². The van der Waals surface area contributed by atoms with Gasteiger partial charge < -0.3 is 10.3 Å². The predicted molar refractivity (Wildman–Crippen MR) is 151 cm³/mol. The summed E-state index contributed by atoms with van der Waals surface area (Å²) in [4.78, 5) is 7.88. The molecular formula is C31H28FN5. The first-order valence-electron chi connectivity index (χ1n) is 12.1. The van der Waals surface area contributed by atoms with Crippen molar-refractivity contribution < 1.29 is 4.39 Å². The molecule has 2 aromatic carbocycles. The lowest BCUT2D eigenvalue weighted by Gasteiger charge is -2.09. The highest BCUT2D eigenvalue weighted by molar-refractivity contribution is 5.96. The van der Waals surface area contributed by atoms with E-state index in [-0.39, 0.29) is 5.82 Å². The molecule has 0 saturated carbocycles. The second kappa shape index (κ2) is 10.1. The van der Waals surface area contributed by atoms with Crippen molar-refractivity contribution in [3.05, 3.63) is 121 Å². The molecule has 0 radical (unpaired) electrons. The number of hydrogen-bond acceptors (Lipinski definition) is 3. The van der Waals surface area contributed by atoms with E-state index < -0.39 is 0 Å². The molecule has 5 aromatic rings. The van der Waals surface area contributed by atoms with Crippen LogP contribution in [0, 0.1) is 12.7 Å². The molecule has 0 bridgehead atoms. The molecule has 37 heavy (non-hydrogen) atoms. The van der Waals surface area contributed by atoms with Crippen LogP contribution in [0.5, 0.6) is 0 Å². The Balaban J connectivity index is 1.55. The highest BCUT2D eigenvalue weighted by atomic mass is 19.1. The van der Waals surface area contributed by atoms with Gasteiger partial charge in [-0.3, -0.25) is 10.1 Å². The summed E-state index contributed by atoms with van der Waals surface area (Å²) in [6, 6.07) is 16.9. The maximum absolute atomic E-state index is 14.0. The Hall–Kier alpha value is -4.71. The van der Waals surface area contributed by atoms with Crippen LogP contribution in [0.4, 0.5) is 10.1 Å². The van der Waals surface area contributed by atoms with Crippen LogP contribution in [0.15, 0.2) is 98.0 Å². The smallest absolute Gasteiger partial charge is 0.123 e. The van der Waals surface area contributed by atoms with Gasteiger partial charge in [0, 0.05) is 34.1 Å². The number of anilines is 1. The molecule has 6 heteroatoms. The van der Waals surface area contributed by atoms with E-state index in [0.29, 0.717) is 0 Å². The van der Waals surface area contributed by atoms with E-state index in [9.17, 15) is 4.39 Å². The Morgan fingerprint density at radius 3 is 2.73 bits per heavy atom. The van der Waals surface area contributed by atoms with Crippen molar-refractivity contribution in [3.63, 3.8) is 0 Å². The average Bonchev–Trinajstić information content (AvgIpc) is 3.50. The minimum atomic E-state index is -0.278. The van der Waals surface area contributed by atoms with Gasteiger partial charge in [0.25, 0.3) is 0 Å². The van der Waals surface area contributed by atoms with E-state index in [0.717, 1.165) is 73.6 Å². The van der Waals surface area contributed by atoms with Gasteiger partial charge in [-0.1, -0.05) is 50.4 Å². The molecule has 0 amide bonds. The molecule has 0 aliphatic rings. The van der Waals surface area contributed by atoms with Gasteiger partial charge in [0.2, 0.25) is 0 Å². The van der Waals surface area contributed by atoms with Crippen LogP contribution in [0.2, 0.25) is 0 Å². The van der Waals surface area contributed by atoms with Crippen LogP contribution in [-0.4, -0.2) is 20.2 Å². The van der Waals surface area contributed by atoms with E-state index in [4.69, 9.17) is 0 Å². The molecule has 0 unspecified atom stereocenters. The van der Waals surface area contributed by atoms with Crippen LogP contribution in [0.1, 0.15) is 30.2 Å². The number of rotatable bonds is 8. The van der Waals surface area contributed by atoms with Gasteiger partial charge in [0.15, 0.2) is 0 Å². The fourth-order valence-electron chi connectivity index (χ4n) is 4.44. The number of aromatic nitrogens is 4. The summed E-state index contributed by atoms with van der Waals surface area (Å²) in [6.07, 6.45) is 8.10. The Bertz CT molecular complexity index is 1650. The molecule has 184 valence electrons. The van der Waals surface area contributed by atoms with Crippen LogP contribution in [0.25, 0.3) is 39.0 Å². The fraction of sp³-hybridized carbons (Fsp3) is 0.0968. The summed E-state index contributed by atoms with van der Waals surface area (Å²) >= 11 is 0. The van der Waals surface area contributed by atoms with Crippen LogP contribution >= 0.6 is 0 Å². The number of aromatic amines is 2. The number of pyridine rings is 1. The number of nitrogens with zero attached hydrogens (tertiary/aromatic N) is 2. The van der Waals surface area contributed by atoms with Crippen LogP contribution in [0.3, 0.4) is 0 Å². The number of nitrogens with one attached hydrogen (secondary N) is 3. The largest absolute Gasteiger partial charge is 0.358 e. The van der Waals surface area contributed by atoms with Gasteiger partial charge in [-0.25, -0.2) is 4.39 Å². The Morgan fingerprint density at radius 1 is 1.08 bits per heavy atom. The zero-order valence-electron chi connectivity index (χ0n) is 20.9. The number of halogens is 1. The maximum atomic E-state index is 14.0. The highest BCUT2D eigenvalue weighted by Gasteiger charge is 2.17. The predicted octanol–water partition coefficient (Wildman–Crippen LogP) is 8.02. The van der Waals surface area contributed by atoms with E-state index in [2.05, 4.69) is 69.8 Å². The van der Waals surface area contributed by atoms with Crippen LogP contribution < -0.4 is 5.32 Å². The summed E-state index contributed by atoms with van der Waals surface area (Å²) in [5, 5.41) is 12.1. The molecule has 0 fully saturated rings. The first-order chi connectivity index (χ1) is 18.0. The molecule has 0 aliphatic carbocycles. The quantitative estimate of drug-likeness (QED) is 0.193. The summed E-state index contributed by atoms with van der Waals surface area (Å²) in [6.45, 7) is 11.9. The molecule has 0 aliphatic heterocycles. The minimum Gasteiger partial charge on any atom is -0.358 e. The monoisotopic (exact) mass is 489 g/mol. The minimum absolute atomic E-state index is 0.278. The molecule has 5 rings (SSSR count). The zero-order chi connectivity index (χ0) is 25.9. The van der Waals surface area contributed by atoms with Crippen LogP contribution in [-0.2, 0) is 0 Å². The molecule has 3 heterocycles. The van der Waals surface area contributed by atoms with Gasteiger partial charge in [-0.05, 0) is 66.4 Å². The first-order valence-corrected chi connectivity index (χ1v) is 12.1. The molecule has 3 aromatic heterocycles. The van der Waals surface area contributed by atoms with Gasteiger partial charge in [0.1, 0.15) is 11.5 Å². The molecule has 5 nitrogen and oxygen atoms in total. The lowest BCUT2D eigenvalue weighted by molar-refractivity contribution is 0.627. The van der Waals surface area contributed by atoms with Gasteiger partial charge in [0.05, 0.1) is 23.1 Å². The Morgan fingerprint density at radius 2 is 1.95 bits per heavy atom. The maximum Gasteiger partial charge on any atom is 0.123 e. The highest BCUT2D eigenvalue weighted by Crippen LogP contribution is 2.34. The number of allylic oxidation sites excluding steroid dienone is 3. The fourth-order valence-corrected chi connectivity index (χ4v) is 4.44. The molecule has 0 saturated heterocycles. The zero-order valence-corrected chi connectivity index (χ0v) is 20.9. The van der Waals surface area contributed by atoms with Crippen molar-refractivity contribution in [2.24, 2.45) is 0 Å². The van der Waals surface area contributed by atoms with Crippen molar-refractivity contribution >= 4 is 22.2 Å². The Labute approximate surface area is 215 Å². The molecular weight excluding hydrogens is 461 g/mol. The topological polar surface area (TPSA) is 69.4 Å². The second-order valence-corrected chi connectivity index (χ2v) is 8.93. The number of fused-ring (bicyclic) bond motifs is 1. The van der Waals surface area contributed by atoms with Crippen molar-refractivity contribution in [3.8, 4) is 22.5 Å². The third-order valence-electron chi connectivity index (χ3n) is 6.36. The standard InChI is InChI=1S/C31H28FN5/c1-5-8-26(22-9-7-10-24(32)13-22)27-16-30(35-20(27)4)31-28-15-21(11-12-29(28)36-37-31)23-14-25(18-33-17-23)34-19(3)6-2/h5,7-18,34-35H,1,3,6H2,2,4H3,(H,36,37)/b26-8-. The summed E-state index contributed by atoms with van der Waals surface area (Å²) in [7, 11) is 0. The van der Waals surface area contributed by atoms with E-state index in [1.165, 1.54) is 12.1 Å². The average molecular weight is 490 g/mol. The SMILES string of the molecule is C=C/C=C(/c1cccc(F)c1)c1cc(-c2n[nH]c3ccc(-c4cncc(NC(=C)CC)c4)cc23)[nH]c1C. The van der Waals surface area contributed by atoms with Gasteiger partial charge in [-0.2, -0.15) is 5.10 Å². The number of H-pyrrole nitrogens is 2. The van der Waals surface area contributed by atoms with Crippen molar-refractivity contribution in [2.75, 3.05) is 5.32 Å². The third kappa shape index (κ3) is 4.86. The molecule has 0 spiro atoms. The third-order valence-corrected chi connectivity index (χ3v) is 6.36. The summed E-state index contributed by atoms with van der Waals surface area (Å²) < 4.78 is 14.0. The van der Waals surface area contributed by atoms with E-state index in [1.807, 2.05) is 31.3 Å². The number of benzene rings is 2. The second-order valence-electron chi connectivity index (χ2n) is 8.93. The van der Waals surface area contributed by atoms with Gasteiger partial charge >= 0.3 is 0 Å². The van der Waals surface area contributed by atoms with Crippen molar-refractivity contribution in [1.29, 1.82) is 0 Å². The van der Waals surface area contributed by atoms with E-state index >= 15 is 0 Å². The number of hydrogen-bond donors (Lipinski definition) is 3. The summed E-state index contributed by atoms with van der Waals surface area (Å²) in [5.41, 5.74) is 10.1. The first kappa shape index (κ1) is 24.0. The van der Waals surface area contributed by atoms with Crippen molar-refractivity contribution in [1.82, 2.24) is 20.2 Å². The van der Waals surface area contributed by atoms with Crippen molar-refractivity contribution in [2.45, 2.75) is 20.3 Å². The number of aryl methyl sites for hydroxylation is 1. The molecule has 3 N–H and O–H groups in total. The van der Waals surface area contributed by atoms with E-state index in [1.54, 1.807) is 18.3 Å². The Kier molecular flexibility index (Phi) is 6.56. The molecule has 0 atom stereocenters. The normalized spacial score (nSPS) is 11.6.